The van der Waals surface area contributed by atoms with Crippen LogP contribution >= 0.6 is 12.4 Å². The topological polar surface area (TPSA) is 61.4 Å². The number of rotatable bonds is 6. The van der Waals surface area contributed by atoms with E-state index in [4.69, 9.17) is 0 Å². The van der Waals surface area contributed by atoms with E-state index in [1.54, 1.807) is 6.92 Å². The molecule has 0 aliphatic heterocycles. The standard InChI is InChI=1S/C13H20N2O2.ClH/c1-10(16)12-5-3-11(4-6-12)9-15-13(17)7-8-14-2;/h3-6,10,14,16H,7-9H2,1-2H3,(H,15,17);1H. The lowest BCUT2D eigenvalue weighted by Gasteiger charge is -2.07. The number of aliphatic hydroxyl groups is 1. The fourth-order valence-corrected chi connectivity index (χ4v) is 1.44. The van der Waals surface area contributed by atoms with Gasteiger partial charge in [0.2, 0.25) is 5.91 Å². The summed E-state index contributed by atoms with van der Waals surface area (Å²) in [6.07, 6.45) is 0.0386. The van der Waals surface area contributed by atoms with Gasteiger partial charge in [0.15, 0.2) is 0 Å². The van der Waals surface area contributed by atoms with Gasteiger partial charge >= 0.3 is 0 Å². The SMILES string of the molecule is CNCCC(=O)NCc1ccc(C(C)O)cc1.Cl. The lowest BCUT2D eigenvalue weighted by molar-refractivity contribution is -0.121. The van der Waals surface area contributed by atoms with Crippen molar-refractivity contribution in [3.8, 4) is 0 Å². The van der Waals surface area contributed by atoms with Crippen molar-refractivity contribution in [2.45, 2.75) is 26.0 Å². The molecule has 4 nitrogen and oxygen atoms in total. The molecule has 0 bridgehead atoms. The Hall–Kier alpha value is -1.10. The molecular formula is C13H21ClN2O2. The van der Waals surface area contributed by atoms with Crippen LogP contribution in [0, 0.1) is 0 Å². The van der Waals surface area contributed by atoms with E-state index in [-0.39, 0.29) is 18.3 Å². The fourth-order valence-electron chi connectivity index (χ4n) is 1.44. The molecule has 1 aromatic rings. The molecule has 0 aromatic heterocycles. The lowest BCUT2D eigenvalue weighted by atomic mass is 10.1. The van der Waals surface area contributed by atoms with Gasteiger partial charge in [0, 0.05) is 19.5 Å². The van der Waals surface area contributed by atoms with Gasteiger partial charge in [-0.25, -0.2) is 0 Å². The van der Waals surface area contributed by atoms with Gasteiger partial charge < -0.3 is 15.7 Å². The number of hydrogen-bond donors (Lipinski definition) is 3. The van der Waals surface area contributed by atoms with Crippen molar-refractivity contribution in [1.82, 2.24) is 10.6 Å². The molecule has 0 radical (unpaired) electrons. The first kappa shape index (κ1) is 16.9. The molecule has 5 heteroatoms. The van der Waals surface area contributed by atoms with Gasteiger partial charge in [-0.1, -0.05) is 24.3 Å². The first-order valence-electron chi connectivity index (χ1n) is 5.81. The maximum atomic E-state index is 11.4. The van der Waals surface area contributed by atoms with Crippen LogP contribution in [0.25, 0.3) is 0 Å². The molecule has 0 saturated carbocycles. The fraction of sp³-hybridized carbons (Fsp3) is 0.462. The Kier molecular flexibility index (Phi) is 8.37. The average molecular weight is 273 g/mol. The molecule has 1 rings (SSSR count). The summed E-state index contributed by atoms with van der Waals surface area (Å²) in [7, 11) is 1.82. The third kappa shape index (κ3) is 6.00. The van der Waals surface area contributed by atoms with Gasteiger partial charge in [-0.05, 0) is 25.1 Å². The first-order valence-corrected chi connectivity index (χ1v) is 5.81. The largest absolute Gasteiger partial charge is 0.389 e. The van der Waals surface area contributed by atoms with E-state index >= 15 is 0 Å². The number of hydrogen-bond acceptors (Lipinski definition) is 3. The van der Waals surface area contributed by atoms with E-state index in [0.29, 0.717) is 19.5 Å². The van der Waals surface area contributed by atoms with Crippen LogP contribution in [0.4, 0.5) is 0 Å². The van der Waals surface area contributed by atoms with Crippen LogP contribution in [-0.2, 0) is 11.3 Å². The molecule has 1 unspecified atom stereocenters. The second kappa shape index (κ2) is 8.91. The average Bonchev–Trinajstić information content (AvgIpc) is 2.34. The molecule has 3 N–H and O–H groups in total. The maximum absolute atomic E-state index is 11.4. The van der Waals surface area contributed by atoms with Crippen molar-refractivity contribution in [1.29, 1.82) is 0 Å². The van der Waals surface area contributed by atoms with Gasteiger partial charge in [-0.3, -0.25) is 4.79 Å². The van der Waals surface area contributed by atoms with Gasteiger partial charge in [-0.2, -0.15) is 0 Å². The van der Waals surface area contributed by atoms with E-state index in [0.717, 1.165) is 11.1 Å². The Labute approximate surface area is 114 Å². The predicted octanol–water partition coefficient (Wildman–Crippen LogP) is 1.39. The van der Waals surface area contributed by atoms with Crippen LogP contribution < -0.4 is 10.6 Å². The van der Waals surface area contributed by atoms with Crippen LogP contribution in [0.2, 0.25) is 0 Å². The number of amides is 1. The molecular weight excluding hydrogens is 252 g/mol. The molecule has 0 heterocycles. The summed E-state index contributed by atoms with van der Waals surface area (Å²) in [6.45, 7) is 2.95. The summed E-state index contributed by atoms with van der Waals surface area (Å²) in [5.74, 6) is 0.0407. The van der Waals surface area contributed by atoms with E-state index in [9.17, 15) is 9.90 Å². The number of carbonyl (C=O) groups is 1. The number of carbonyl (C=O) groups excluding carboxylic acids is 1. The highest BCUT2D eigenvalue weighted by Crippen LogP contribution is 2.12. The summed E-state index contributed by atoms with van der Waals surface area (Å²) >= 11 is 0. The Bertz CT molecular complexity index is 353. The Morgan fingerprint density at radius 1 is 1.33 bits per heavy atom. The molecule has 0 saturated heterocycles. The smallest absolute Gasteiger partial charge is 0.221 e. The molecule has 0 aliphatic rings. The van der Waals surface area contributed by atoms with E-state index in [1.807, 2.05) is 31.3 Å². The van der Waals surface area contributed by atoms with Gasteiger partial charge in [-0.15, -0.1) is 12.4 Å². The van der Waals surface area contributed by atoms with Crippen LogP contribution in [0.5, 0.6) is 0 Å². The van der Waals surface area contributed by atoms with Gasteiger partial charge in [0.05, 0.1) is 6.10 Å². The zero-order chi connectivity index (χ0) is 12.7. The summed E-state index contributed by atoms with van der Waals surface area (Å²) < 4.78 is 0. The van der Waals surface area contributed by atoms with Crippen molar-refractivity contribution in [2.24, 2.45) is 0 Å². The van der Waals surface area contributed by atoms with Crippen LogP contribution in [0.15, 0.2) is 24.3 Å². The third-order valence-corrected chi connectivity index (χ3v) is 2.55. The summed E-state index contributed by atoms with van der Waals surface area (Å²) in [6, 6.07) is 7.58. The molecule has 1 amide bonds. The second-order valence-corrected chi connectivity index (χ2v) is 4.05. The predicted molar refractivity (Wildman–Crippen MR) is 74.7 cm³/mol. The molecule has 1 aromatic carbocycles. The second-order valence-electron chi connectivity index (χ2n) is 4.05. The number of aliphatic hydroxyl groups excluding tert-OH is 1. The van der Waals surface area contributed by atoms with Crippen molar-refractivity contribution in [3.63, 3.8) is 0 Å². The van der Waals surface area contributed by atoms with Crippen molar-refractivity contribution in [2.75, 3.05) is 13.6 Å². The lowest BCUT2D eigenvalue weighted by Crippen LogP contribution is -2.26. The quantitative estimate of drug-likeness (QED) is 0.733. The Morgan fingerprint density at radius 3 is 2.44 bits per heavy atom. The highest BCUT2D eigenvalue weighted by atomic mass is 35.5. The highest BCUT2D eigenvalue weighted by molar-refractivity contribution is 5.85. The minimum Gasteiger partial charge on any atom is -0.389 e. The van der Waals surface area contributed by atoms with Gasteiger partial charge in [0.1, 0.15) is 0 Å². The van der Waals surface area contributed by atoms with E-state index in [2.05, 4.69) is 10.6 Å². The Morgan fingerprint density at radius 2 is 1.94 bits per heavy atom. The van der Waals surface area contributed by atoms with E-state index < -0.39 is 6.10 Å². The van der Waals surface area contributed by atoms with Gasteiger partial charge in [0.25, 0.3) is 0 Å². The Balaban J connectivity index is 0.00000289. The first-order chi connectivity index (χ1) is 8.13. The monoisotopic (exact) mass is 272 g/mol. The highest BCUT2D eigenvalue weighted by Gasteiger charge is 2.02. The zero-order valence-corrected chi connectivity index (χ0v) is 11.6. The zero-order valence-electron chi connectivity index (χ0n) is 10.8. The molecule has 0 spiro atoms. The molecule has 1 atom stereocenters. The van der Waals surface area contributed by atoms with Crippen molar-refractivity contribution in [3.05, 3.63) is 35.4 Å². The van der Waals surface area contributed by atoms with E-state index in [1.165, 1.54) is 0 Å². The normalized spacial score (nSPS) is 11.5. The maximum Gasteiger partial charge on any atom is 0.221 e. The minimum absolute atomic E-state index is 0. The van der Waals surface area contributed by atoms with Crippen molar-refractivity contribution < 1.29 is 9.90 Å². The molecule has 18 heavy (non-hydrogen) atoms. The van der Waals surface area contributed by atoms with Crippen molar-refractivity contribution >= 4 is 18.3 Å². The number of benzene rings is 1. The van der Waals surface area contributed by atoms with Crippen LogP contribution in [0.3, 0.4) is 0 Å². The summed E-state index contributed by atoms with van der Waals surface area (Å²) in [4.78, 5) is 11.4. The van der Waals surface area contributed by atoms with Crippen LogP contribution in [0.1, 0.15) is 30.6 Å². The summed E-state index contributed by atoms with van der Waals surface area (Å²) in [5, 5.41) is 15.1. The van der Waals surface area contributed by atoms with Crippen LogP contribution in [-0.4, -0.2) is 24.6 Å². The summed E-state index contributed by atoms with van der Waals surface area (Å²) in [5.41, 5.74) is 1.92. The molecule has 0 fully saturated rings. The number of halogens is 1. The molecule has 102 valence electrons. The number of nitrogens with one attached hydrogen (secondary N) is 2. The minimum atomic E-state index is -0.450. The molecule has 0 aliphatic carbocycles. The third-order valence-electron chi connectivity index (χ3n) is 2.55.